The number of para-hydroxylation sites is 1. The predicted octanol–water partition coefficient (Wildman–Crippen LogP) is 4.10. The first-order valence-corrected chi connectivity index (χ1v) is 11.3. The Hall–Kier alpha value is -2.38. The van der Waals surface area contributed by atoms with Gasteiger partial charge in [-0.25, -0.2) is 0 Å². The molecule has 1 amide bonds. The largest absolute Gasteiger partial charge is 0.403 e. The molecule has 3 rings (SSSR count). The zero-order chi connectivity index (χ0) is 20.0. The SMILES string of the molecule is CCOP(=S)(OCC)O/C(=N/N=C1\C(=O)Nc2ccccc21)c1ccccc1. The summed E-state index contributed by atoms with van der Waals surface area (Å²) < 4.78 is 17.0. The summed E-state index contributed by atoms with van der Waals surface area (Å²) in [6, 6.07) is 16.4. The van der Waals surface area contributed by atoms with Gasteiger partial charge in [0, 0.05) is 22.9 Å². The van der Waals surface area contributed by atoms with Crippen LogP contribution in [0.2, 0.25) is 0 Å². The third kappa shape index (κ3) is 4.72. The van der Waals surface area contributed by atoms with E-state index in [1.54, 1.807) is 24.3 Å². The van der Waals surface area contributed by atoms with E-state index in [0.717, 1.165) is 0 Å². The number of carbonyl (C=O) groups is 1. The van der Waals surface area contributed by atoms with Crippen LogP contribution < -0.4 is 5.32 Å². The van der Waals surface area contributed by atoms with E-state index >= 15 is 0 Å². The minimum Gasteiger partial charge on any atom is -0.403 e. The second-order valence-electron chi connectivity index (χ2n) is 5.59. The van der Waals surface area contributed by atoms with E-state index in [9.17, 15) is 4.79 Å². The lowest BCUT2D eigenvalue weighted by molar-refractivity contribution is -0.110. The Morgan fingerprint density at radius 3 is 2.36 bits per heavy atom. The number of hydrogen-bond acceptors (Lipinski definition) is 7. The van der Waals surface area contributed by atoms with E-state index in [0.29, 0.717) is 30.0 Å². The van der Waals surface area contributed by atoms with Crippen molar-refractivity contribution < 1.29 is 18.4 Å². The Labute approximate surface area is 168 Å². The highest BCUT2D eigenvalue weighted by atomic mass is 32.5. The number of nitrogens with zero attached hydrogens (tertiary/aromatic N) is 2. The van der Waals surface area contributed by atoms with Gasteiger partial charge >= 0.3 is 6.72 Å². The molecular formula is C19H20N3O4PS. The van der Waals surface area contributed by atoms with Crippen LogP contribution in [-0.4, -0.2) is 30.7 Å². The molecule has 9 heteroatoms. The molecule has 7 nitrogen and oxygen atoms in total. The van der Waals surface area contributed by atoms with Gasteiger partial charge in [-0.3, -0.25) is 13.8 Å². The summed E-state index contributed by atoms with van der Waals surface area (Å²) in [4.78, 5) is 12.3. The highest BCUT2D eigenvalue weighted by molar-refractivity contribution is 8.07. The van der Waals surface area contributed by atoms with Crippen LogP contribution >= 0.6 is 6.72 Å². The van der Waals surface area contributed by atoms with Gasteiger partial charge in [-0.2, -0.15) is 0 Å². The quantitative estimate of drug-likeness (QED) is 0.317. The molecular weight excluding hydrogens is 397 g/mol. The summed E-state index contributed by atoms with van der Waals surface area (Å²) in [6.45, 7) is 1.24. The molecule has 0 fully saturated rings. The fourth-order valence-electron chi connectivity index (χ4n) is 2.52. The van der Waals surface area contributed by atoms with Gasteiger partial charge < -0.3 is 9.84 Å². The third-order valence-electron chi connectivity index (χ3n) is 3.68. The van der Waals surface area contributed by atoms with Crippen molar-refractivity contribution in [3.63, 3.8) is 0 Å². The Balaban J connectivity index is 2.00. The molecule has 0 saturated carbocycles. The lowest BCUT2D eigenvalue weighted by Gasteiger charge is -2.21. The second-order valence-corrected chi connectivity index (χ2v) is 8.53. The fourth-order valence-corrected chi connectivity index (χ4v) is 4.53. The standard InChI is InChI=1S/C19H20N3O4PS/c1-3-24-27(28,25-4-2)26-19(14-10-6-5-7-11-14)22-21-17-15-12-8-9-13-16(15)20-18(17)23/h5-13H,3-4H2,1-2H3,(H,20,21,23)/b22-19+. The van der Waals surface area contributed by atoms with Crippen molar-refractivity contribution in [3.05, 3.63) is 65.7 Å². The monoisotopic (exact) mass is 417 g/mol. The van der Waals surface area contributed by atoms with Gasteiger partial charge in [0.2, 0.25) is 5.90 Å². The fraction of sp³-hybridized carbons (Fsp3) is 0.211. The molecule has 1 heterocycles. The van der Waals surface area contributed by atoms with Crippen LogP contribution in [0.1, 0.15) is 25.0 Å². The van der Waals surface area contributed by atoms with Gasteiger partial charge in [0.15, 0.2) is 5.71 Å². The summed E-state index contributed by atoms with van der Waals surface area (Å²) in [6.07, 6.45) is 0. The molecule has 1 N–H and O–H groups in total. The number of hydrogen-bond donors (Lipinski definition) is 1. The predicted molar refractivity (Wildman–Crippen MR) is 113 cm³/mol. The van der Waals surface area contributed by atoms with Crippen LogP contribution in [0.5, 0.6) is 0 Å². The van der Waals surface area contributed by atoms with Gasteiger partial charge in [-0.1, -0.05) is 36.4 Å². The van der Waals surface area contributed by atoms with Crippen LogP contribution in [0.3, 0.4) is 0 Å². The second kappa shape index (κ2) is 9.21. The number of fused-ring (bicyclic) bond motifs is 1. The van der Waals surface area contributed by atoms with E-state index in [1.165, 1.54) is 0 Å². The summed E-state index contributed by atoms with van der Waals surface area (Å²) in [5.74, 6) is -0.193. The molecule has 2 aromatic rings. The van der Waals surface area contributed by atoms with Crippen LogP contribution in [-0.2, 0) is 30.2 Å². The topological polar surface area (TPSA) is 81.5 Å². The number of nitrogens with one attached hydrogen (secondary N) is 1. The lowest BCUT2D eigenvalue weighted by Crippen LogP contribution is -2.14. The van der Waals surface area contributed by atoms with Gasteiger partial charge in [0.05, 0.1) is 18.9 Å². The van der Waals surface area contributed by atoms with E-state index in [-0.39, 0.29) is 17.5 Å². The van der Waals surface area contributed by atoms with Gasteiger partial charge in [-0.05, 0) is 32.0 Å². The highest BCUT2D eigenvalue weighted by Crippen LogP contribution is 2.50. The normalized spacial score (nSPS) is 15.4. The lowest BCUT2D eigenvalue weighted by atomic mass is 10.1. The molecule has 0 unspecified atom stereocenters. The van der Waals surface area contributed by atoms with Gasteiger partial charge in [-0.15, -0.1) is 10.2 Å². The Morgan fingerprint density at radius 2 is 1.68 bits per heavy atom. The van der Waals surface area contributed by atoms with Crippen LogP contribution in [0, 0.1) is 0 Å². The maximum absolute atomic E-state index is 12.3. The number of rotatable bonds is 7. The first-order chi connectivity index (χ1) is 13.6. The van der Waals surface area contributed by atoms with Crippen molar-refractivity contribution >= 4 is 41.7 Å². The average Bonchev–Trinajstić information content (AvgIpc) is 3.01. The number of carbonyl (C=O) groups excluding carboxylic acids is 1. The Bertz CT molecular complexity index is 953. The van der Waals surface area contributed by atoms with E-state index in [4.69, 9.17) is 25.4 Å². The average molecular weight is 417 g/mol. The Kier molecular flexibility index (Phi) is 6.70. The molecule has 28 heavy (non-hydrogen) atoms. The number of benzene rings is 2. The molecule has 0 aromatic heterocycles. The molecule has 0 saturated heterocycles. The first kappa shape index (κ1) is 20.4. The maximum Gasteiger partial charge on any atom is 0.381 e. The molecule has 0 radical (unpaired) electrons. The smallest absolute Gasteiger partial charge is 0.381 e. The van der Waals surface area contributed by atoms with Crippen molar-refractivity contribution in [1.29, 1.82) is 0 Å². The van der Waals surface area contributed by atoms with Crippen molar-refractivity contribution in [1.82, 2.24) is 0 Å². The molecule has 0 bridgehead atoms. The molecule has 0 atom stereocenters. The third-order valence-corrected chi connectivity index (χ3v) is 6.08. The van der Waals surface area contributed by atoms with Crippen LogP contribution in [0.15, 0.2) is 64.8 Å². The van der Waals surface area contributed by atoms with E-state index in [1.807, 2.05) is 44.2 Å². The molecule has 146 valence electrons. The minimum atomic E-state index is -3.05. The number of amides is 1. The zero-order valence-electron chi connectivity index (χ0n) is 15.5. The molecule has 2 aromatic carbocycles. The highest BCUT2D eigenvalue weighted by Gasteiger charge is 2.27. The molecule has 0 spiro atoms. The summed E-state index contributed by atoms with van der Waals surface area (Å²) in [5, 5.41) is 11.1. The summed E-state index contributed by atoms with van der Waals surface area (Å²) >= 11 is 5.45. The molecule has 1 aliphatic heterocycles. The summed E-state index contributed by atoms with van der Waals surface area (Å²) in [7, 11) is 0. The van der Waals surface area contributed by atoms with Gasteiger partial charge in [0.25, 0.3) is 5.91 Å². The molecule has 0 aliphatic carbocycles. The summed E-state index contributed by atoms with van der Waals surface area (Å²) in [5.41, 5.74) is 2.22. The number of anilines is 1. The minimum absolute atomic E-state index is 0.135. The van der Waals surface area contributed by atoms with Gasteiger partial charge in [0.1, 0.15) is 0 Å². The van der Waals surface area contributed by atoms with Crippen LogP contribution in [0.4, 0.5) is 5.69 Å². The van der Waals surface area contributed by atoms with Crippen molar-refractivity contribution in [3.8, 4) is 0 Å². The van der Waals surface area contributed by atoms with Crippen LogP contribution in [0.25, 0.3) is 0 Å². The van der Waals surface area contributed by atoms with E-state index in [2.05, 4.69) is 15.5 Å². The first-order valence-electron chi connectivity index (χ1n) is 8.77. The molecule has 1 aliphatic rings. The Morgan fingerprint density at radius 1 is 1.04 bits per heavy atom. The maximum atomic E-state index is 12.3. The van der Waals surface area contributed by atoms with E-state index < -0.39 is 6.72 Å². The van der Waals surface area contributed by atoms with Crippen molar-refractivity contribution in [2.45, 2.75) is 13.8 Å². The van der Waals surface area contributed by atoms with Crippen molar-refractivity contribution in [2.24, 2.45) is 10.2 Å². The zero-order valence-corrected chi connectivity index (χ0v) is 17.2. The van der Waals surface area contributed by atoms with Crippen molar-refractivity contribution in [2.75, 3.05) is 18.5 Å².